The van der Waals surface area contributed by atoms with Crippen LogP contribution in [-0.4, -0.2) is 9.91 Å². The molecule has 0 aromatic carbocycles. The summed E-state index contributed by atoms with van der Waals surface area (Å²) in [5, 5.41) is 10.5. The zero-order valence-corrected chi connectivity index (χ0v) is 9.43. The van der Waals surface area contributed by atoms with Crippen LogP contribution in [0.2, 0.25) is 0 Å². The summed E-state index contributed by atoms with van der Waals surface area (Å²) < 4.78 is 24.6. The van der Waals surface area contributed by atoms with Gasteiger partial charge in [-0.05, 0) is 15.9 Å². The van der Waals surface area contributed by atoms with Gasteiger partial charge in [0.25, 0.3) is 12.1 Å². The first-order chi connectivity index (χ1) is 6.97. The summed E-state index contributed by atoms with van der Waals surface area (Å²) in [5.74, 6) is -0.210. The molecule has 15 heavy (non-hydrogen) atoms. The molecular weight excluding hydrogens is 297 g/mol. The van der Waals surface area contributed by atoms with Crippen molar-refractivity contribution in [2.75, 3.05) is 0 Å². The zero-order chi connectivity index (χ0) is 11.6. The highest BCUT2D eigenvalue weighted by Gasteiger charge is 2.22. The Morgan fingerprint density at radius 1 is 1.67 bits per heavy atom. The summed E-state index contributed by atoms with van der Waals surface area (Å²) in [7, 11) is 0. The van der Waals surface area contributed by atoms with Crippen LogP contribution < -0.4 is 0 Å². The Labute approximate surface area is 96.5 Å². The van der Waals surface area contributed by atoms with Crippen molar-refractivity contribution in [1.29, 1.82) is 0 Å². The van der Waals surface area contributed by atoms with Gasteiger partial charge in [0.05, 0.1) is 16.4 Å². The lowest BCUT2D eigenvalue weighted by atomic mass is 10.2. The third-order valence-electron chi connectivity index (χ3n) is 1.62. The number of nitrogens with zero attached hydrogens (tertiary/aromatic N) is 2. The van der Waals surface area contributed by atoms with E-state index in [4.69, 9.17) is 11.6 Å². The minimum absolute atomic E-state index is 0.0436. The van der Waals surface area contributed by atoms with Crippen LogP contribution in [0.5, 0.6) is 0 Å². The van der Waals surface area contributed by atoms with Gasteiger partial charge < -0.3 is 0 Å². The van der Waals surface area contributed by atoms with Gasteiger partial charge in [-0.25, -0.2) is 13.8 Å². The molecule has 82 valence electrons. The van der Waals surface area contributed by atoms with Crippen molar-refractivity contribution in [2.24, 2.45) is 0 Å². The summed E-state index contributed by atoms with van der Waals surface area (Å²) in [6.07, 6.45) is -2.82. The largest absolute Gasteiger partial charge is 0.292 e. The van der Waals surface area contributed by atoms with Crippen molar-refractivity contribution < 1.29 is 13.7 Å². The Morgan fingerprint density at radius 3 is 2.67 bits per heavy atom. The number of hydrogen-bond donors (Lipinski definition) is 0. The fourth-order valence-corrected chi connectivity index (χ4v) is 1.64. The maximum Gasteiger partial charge on any atom is 0.292 e. The van der Waals surface area contributed by atoms with E-state index >= 15 is 0 Å². The second-order valence-electron chi connectivity index (χ2n) is 2.53. The van der Waals surface area contributed by atoms with Crippen molar-refractivity contribution in [3.8, 4) is 0 Å². The molecule has 0 saturated heterocycles. The van der Waals surface area contributed by atoms with E-state index in [0.29, 0.717) is 0 Å². The molecule has 4 nitrogen and oxygen atoms in total. The molecule has 0 aliphatic heterocycles. The first kappa shape index (κ1) is 12.3. The van der Waals surface area contributed by atoms with E-state index < -0.39 is 22.6 Å². The van der Waals surface area contributed by atoms with Gasteiger partial charge in [0.15, 0.2) is 0 Å². The lowest BCUT2D eigenvalue weighted by Gasteiger charge is -2.04. The summed E-state index contributed by atoms with van der Waals surface area (Å²) in [5.41, 5.74) is -1.06. The lowest BCUT2D eigenvalue weighted by molar-refractivity contribution is -0.385. The molecule has 0 bridgehead atoms. The average molecular weight is 301 g/mol. The average Bonchev–Trinajstić information content (AvgIpc) is 2.16. The van der Waals surface area contributed by atoms with E-state index in [1.807, 2.05) is 0 Å². The van der Waals surface area contributed by atoms with E-state index in [0.717, 1.165) is 6.07 Å². The Bertz CT molecular complexity index is 403. The Hall–Kier alpha value is -0.820. The van der Waals surface area contributed by atoms with Gasteiger partial charge in [-0.15, -0.1) is 11.6 Å². The first-order valence-corrected chi connectivity index (χ1v) is 4.98. The van der Waals surface area contributed by atoms with Crippen molar-refractivity contribution in [3.05, 3.63) is 32.0 Å². The summed E-state index contributed by atoms with van der Waals surface area (Å²) in [4.78, 5) is 13.3. The standard InChI is InChI=1S/C7H4BrClF2N2O2/c8-6-3(7(10)11)1-5(13(14)15)4(2-9)12-6/h1,7H,2H2. The molecule has 0 unspecified atom stereocenters. The van der Waals surface area contributed by atoms with E-state index in [-0.39, 0.29) is 16.2 Å². The molecular formula is C7H4BrClF2N2O2. The monoisotopic (exact) mass is 300 g/mol. The van der Waals surface area contributed by atoms with E-state index in [1.165, 1.54) is 0 Å². The summed E-state index contributed by atoms with van der Waals surface area (Å²) in [6, 6.07) is 0.777. The van der Waals surface area contributed by atoms with Gasteiger partial charge in [0.2, 0.25) is 0 Å². The molecule has 0 radical (unpaired) electrons. The number of pyridine rings is 1. The van der Waals surface area contributed by atoms with Crippen LogP contribution in [0.4, 0.5) is 14.5 Å². The molecule has 0 spiro atoms. The second kappa shape index (κ2) is 4.80. The SMILES string of the molecule is O=[N+]([O-])c1cc(C(F)F)c(Br)nc1CCl. The Kier molecular flexibility index (Phi) is 3.92. The lowest BCUT2D eigenvalue weighted by Crippen LogP contribution is -2.01. The van der Waals surface area contributed by atoms with Crippen molar-refractivity contribution in [1.82, 2.24) is 4.98 Å². The van der Waals surface area contributed by atoms with Gasteiger partial charge in [-0.1, -0.05) is 0 Å². The highest BCUT2D eigenvalue weighted by Crippen LogP contribution is 2.31. The molecule has 0 aliphatic carbocycles. The number of rotatable bonds is 3. The van der Waals surface area contributed by atoms with Crippen molar-refractivity contribution >= 4 is 33.2 Å². The zero-order valence-electron chi connectivity index (χ0n) is 7.08. The number of alkyl halides is 3. The van der Waals surface area contributed by atoms with E-state index in [1.54, 1.807) is 0 Å². The summed E-state index contributed by atoms with van der Waals surface area (Å²) >= 11 is 8.20. The smallest absolute Gasteiger partial charge is 0.258 e. The molecule has 1 rings (SSSR count). The number of hydrogen-bond acceptors (Lipinski definition) is 3. The molecule has 0 N–H and O–H groups in total. The Morgan fingerprint density at radius 2 is 2.27 bits per heavy atom. The van der Waals surface area contributed by atoms with Gasteiger partial charge in [-0.2, -0.15) is 0 Å². The molecule has 0 fully saturated rings. The molecule has 1 aromatic rings. The van der Waals surface area contributed by atoms with Crippen LogP contribution in [0.3, 0.4) is 0 Å². The highest BCUT2D eigenvalue weighted by atomic mass is 79.9. The van der Waals surface area contributed by atoms with Gasteiger partial charge in [0, 0.05) is 6.07 Å². The van der Waals surface area contributed by atoms with Crippen molar-refractivity contribution in [2.45, 2.75) is 12.3 Å². The van der Waals surface area contributed by atoms with Crippen LogP contribution in [0, 0.1) is 10.1 Å². The third kappa shape index (κ3) is 2.60. The summed E-state index contributed by atoms with van der Waals surface area (Å²) in [6.45, 7) is 0. The Balaban J connectivity index is 3.37. The minimum atomic E-state index is -2.82. The van der Waals surface area contributed by atoms with Gasteiger partial charge in [0.1, 0.15) is 10.3 Å². The van der Waals surface area contributed by atoms with Crippen LogP contribution in [0.1, 0.15) is 17.7 Å². The fraction of sp³-hybridized carbons (Fsp3) is 0.286. The van der Waals surface area contributed by atoms with Crippen LogP contribution in [-0.2, 0) is 5.88 Å². The van der Waals surface area contributed by atoms with Crippen LogP contribution >= 0.6 is 27.5 Å². The topological polar surface area (TPSA) is 56.0 Å². The highest BCUT2D eigenvalue weighted by molar-refractivity contribution is 9.10. The molecule has 0 saturated carbocycles. The van der Waals surface area contributed by atoms with Gasteiger partial charge >= 0.3 is 0 Å². The van der Waals surface area contributed by atoms with Crippen molar-refractivity contribution in [3.63, 3.8) is 0 Å². The first-order valence-electron chi connectivity index (χ1n) is 3.65. The van der Waals surface area contributed by atoms with Gasteiger partial charge in [-0.3, -0.25) is 10.1 Å². The third-order valence-corrected chi connectivity index (χ3v) is 2.51. The van der Waals surface area contributed by atoms with Crippen LogP contribution in [0.25, 0.3) is 0 Å². The maximum absolute atomic E-state index is 12.4. The number of halogens is 4. The predicted molar refractivity (Wildman–Crippen MR) is 53.1 cm³/mol. The predicted octanol–water partition coefficient (Wildman–Crippen LogP) is 3.43. The van der Waals surface area contributed by atoms with E-state index in [9.17, 15) is 18.9 Å². The molecule has 0 amide bonds. The molecule has 8 heteroatoms. The molecule has 1 aromatic heterocycles. The second-order valence-corrected chi connectivity index (χ2v) is 3.54. The maximum atomic E-state index is 12.4. The normalized spacial score (nSPS) is 10.7. The molecule has 0 atom stereocenters. The molecule has 1 heterocycles. The molecule has 0 aliphatic rings. The number of aromatic nitrogens is 1. The van der Waals surface area contributed by atoms with Crippen LogP contribution in [0.15, 0.2) is 10.7 Å². The number of nitro groups is 1. The minimum Gasteiger partial charge on any atom is -0.258 e. The van der Waals surface area contributed by atoms with E-state index in [2.05, 4.69) is 20.9 Å². The fourth-order valence-electron chi connectivity index (χ4n) is 0.940. The quantitative estimate of drug-likeness (QED) is 0.372.